The van der Waals surface area contributed by atoms with Gasteiger partial charge >= 0.3 is 0 Å². The molecule has 21 heavy (non-hydrogen) atoms. The van der Waals surface area contributed by atoms with Gasteiger partial charge in [-0.15, -0.1) is 10.2 Å². The number of rotatable bonds is 5. The molecule has 5 nitrogen and oxygen atoms in total. The Morgan fingerprint density at radius 3 is 2.67 bits per heavy atom. The first-order chi connectivity index (χ1) is 10.3. The van der Waals surface area contributed by atoms with Crippen molar-refractivity contribution in [2.75, 3.05) is 6.54 Å². The maximum atomic E-state index is 5.80. The smallest absolute Gasteiger partial charge is 0.252 e. The highest BCUT2D eigenvalue weighted by Gasteiger charge is 2.21. The lowest BCUT2D eigenvalue weighted by atomic mass is 10.1. The molecule has 0 aliphatic carbocycles. The Labute approximate surface area is 130 Å². The molecule has 0 saturated carbocycles. The van der Waals surface area contributed by atoms with E-state index in [0.29, 0.717) is 16.5 Å². The number of hydrogen-bond acceptors (Lipinski definition) is 5. The molecule has 0 aliphatic heterocycles. The summed E-state index contributed by atoms with van der Waals surface area (Å²) < 4.78 is 11.6. The van der Waals surface area contributed by atoms with E-state index in [0.717, 1.165) is 17.7 Å². The van der Waals surface area contributed by atoms with Crippen molar-refractivity contribution in [2.45, 2.75) is 13.0 Å². The third-order valence-corrected chi connectivity index (χ3v) is 3.69. The zero-order chi connectivity index (χ0) is 14.7. The summed E-state index contributed by atoms with van der Waals surface area (Å²) in [4.78, 5) is 0. The quantitative estimate of drug-likeness (QED) is 0.760. The summed E-state index contributed by atoms with van der Waals surface area (Å²) in [5.41, 5.74) is 1.83. The minimum absolute atomic E-state index is 0.122. The molecule has 0 fully saturated rings. The minimum atomic E-state index is -0.122. The molecule has 1 aromatic carbocycles. The first kappa shape index (κ1) is 14.0. The van der Waals surface area contributed by atoms with E-state index in [9.17, 15) is 0 Å². The highest BCUT2D eigenvalue weighted by molar-refractivity contribution is 9.10. The van der Waals surface area contributed by atoms with Gasteiger partial charge in [-0.25, -0.2) is 0 Å². The van der Waals surface area contributed by atoms with Gasteiger partial charge in [-0.05, 0) is 34.1 Å². The lowest BCUT2D eigenvalue weighted by molar-refractivity contribution is 0.443. The fourth-order valence-corrected chi connectivity index (χ4v) is 2.51. The number of nitrogens with zero attached hydrogens (tertiary/aromatic N) is 2. The van der Waals surface area contributed by atoms with Gasteiger partial charge in [0.05, 0.1) is 11.8 Å². The number of furan rings is 1. The lowest BCUT2D eigenvalue weighted by Gasteiger charge is -2.13. The van der Waals surface area contributed by atoms with Crippen LogP contribution in [0.2, 0.25) is 0 Å². The van der Waals surface area contributed by atoms with Gasteiger partial charge in [0.15, 0.2) is 4.67 Å². The number of halogens is 1. The summed E-state index contributed by atoms with van der Waals surface area (Å²) >= 11 is 3.31. The molecule has 0 bridgehead atoms. The van der Waals surface area contributed by atoms with E-state index < -0.39 is 0 Å². The lowest BCUT2D eigenvalue weighted by Crippen LogP contribution is -2.22. The average Bonchev–Trinajstić information content (AvgIpc) is 3.14. The van der Waals surface area contributed by atoms with Crippen LogP contribution in [0.15, 0.2) is 56.2 Å². The van der Waals surface area contributed by atoms with Gasteiger partial charge in [0.25, 0.3) is 5.89 Å². The molecule has 1 atom stereocenters. The zero-order valence-corrected chi connectivity index (χ0v) is 13.0. The third-order valence-electron chi connectivity index (χ3n) is 3.08. The summed E-state index contributed by atoms with van der Waals surface area (Å²) in [6.07, 6.45) is 1.57. The standard InChI is InChI=1S/C15H14BrN3O2/c1-2-17-12(10-6-4-3-5-7-10)15-19-18-14(21-15)11-8-9-20-13(11)16/h3-9,12,17H,2H2,1H3. The number of aromatic nitrogens is 2. The Morgan fingerprint density at radius 1 is 1.19 bits per heavy atom. The van der Waals surface area contributed by atoms with E-state index in [1.165, 1.54) is 0 Å². The summed E-state index contributed by atoms with van der Waals surface area (Å²) in [7, 11) is 0. The molecule has 6 heteroatoms. The second-order valence-electron chi connectivity index (χ2n) is 4.45. The molecule has 0 radical (unpaired) electrons. The molecule has 3 aromatic rings. The Bertz CT molecular complexity index is 709. The average molecular weight is 348 g/mol. The van der Waals surface area contributed by atoms with E-state index in [2.05, 4.69) is 31.4 Å². The Hall–Kier alpha value is -1.92. The molecule has 108 valence electrons. The Balaban J connectivity index is 1.94. The molecule has 2 aromatic heterocycles. The van der Waals surface area contributed by atoms with Crippen LogP contribution >= 0.6 is 15.9 Å². The highest BCUT2D eigenvalue weighted by atomic mass is 79.9. The number of benzene rings is 1. The summed E-state index contributed by atoms with van der Waals surface area (Å²) in [6.45, 7) is 2.84. The molecular weight excluding hydrogens is 334 g/mol. The van der Waals surface area contributed by atoms with Crippen LogP contribution in [0, 0.1) is 0 Å². The van der Waals surface area contributed by atoms with Gasteiger partial charge in [-0.3, -0.25) is 0 Å². The maximum absolute atomic E-state index is 5.80. The van der Waals surface area contributed by atoms with Crippen LogP contribution in [-0.4, -0.2) is 16.7 Å². The van der Waals surface area contributed by atoms with Crippen LogP contribution in [0.25, 0.3) is 11.5 Å². The topological polar surface area (TPSA) is 64.1 Å². The van der Waals surface area contributed by atoms with Crippen molar-refractivity contribution in [1.29, 1.82) is 0 Å². The number of hydrogen-bond donors (Lipinski definition) is 1. The SMILES string of the molecule is CCNC(c1ccccc1)c1nnc(-c2ccoc2Br)o1. The molecule has 0 saturated heterocycles. The molecule has 0 spiro atoms. The van der Waals surface area contributed by atoms with Crippen LogP contribution in [0.5, 0.6) is 0 Å². The van der Waals surface area contributed by atoms with E-state index in [1.807, 2.05) is 37.3 Å². The van der Waals surface area contributed by atoms with Crippen LogP contribution < -0.4 is 5.32 Å². The van der Waals surface area contributed by atoms with Crippen LogP contribution in [-0.2, 0) is 0 Å². The van der Waals surface area contributed by atoms with Gasteiger partial charge < -0.3 is 14.2 Å². The second kappa shape index (κ2) is 6.24. The Morgan fingerprint density at radius 2 is 2.00 bits per heavy atom. The summed E-state index contributed by atoms with van der Waals surface area (Å²) in [5.74, 6) is 0.968. The van der Waals surface area contributed by atoms with Gasteiger partial charge in [0.2, 0.25) is 5.89 Å². The van der Waals surface area contributed by atoms with Crippen molar-refractivity contribution >= 4 is 15.9 Å². The molecule has 1 unspecified atom stereocenters. The Kier molecular flexibility index (Phi) is 4.17. The molecule has 1 N–H and O–H groups in total. The first-order valence-electron chi connectivity index (χ1n) is 6.64. The summed E-state index contributed by atoms with van der Waals surface area (Å²) in [6, 6.07) is 11.7. The predicted octanol–water partition coefficient (Wildman–Crippen LogP) is 3.79. The van der Waals surface area contributed by atoms with Crippen LogP contribution in [0.4, 0.5) is 0 Å². The monoisotopic (exact) mass is 347 g/mol. The fourth-order valence-electron chi connectivity index (χ4n) is 2.10. The van der Waals surface area contributed by atoms with Crippen molar-refractivity contribution in [1.82, 2.24) is 15.5 Å². The summed E-state index contributed by atoms with van der Waals surface area (Å²) in [5, 5.41) is 11.6. The van der Waals surface area contributed by atoms with Gasteiger partial charge in [-0.1, -0.05) is 37.3 Å². The largest absolute Gasteiger partial charge is 0.457 e. The normalized spacial score (nSPS) is 12.5. The van der Waals surface area contributed by atoms with Crippen LogP contribution in [0.1, 0.15) is 24.4 Å². The van der Waals surface area contributed by atoms with Crippen molar-refractivity contribution in [2.24, 2.45) is 0 Å². The van der Waals surface area contributed by atoms with Crippen LogP contribution in [0.3, 0.4) is 0 Å². The van der Waals surface area contributed by atoms with Gasteiger partial charge in [-0.2, -0.15) is 0 Å². The molecule has 0 amide bonds. The van der Waals surface area contributed by atoms with Gasteiger partial charge in [0, 0.05) is 0 Å². The first-order valence-corrected chi connectivity index (χ1v) is 7.44. The van der Waals surface area contributed by atoms with E-state index in [1.54, 1.807) is 12.3 Å². The van der Waals surface area contributed by atoms with Crippen molar-refractivity contribution in [3.63, 3.8) is 0 Å². The highest BCUT2D eigenvalue weighted by Crippen LogP contribution is 2.30. The van der Waals surface area contributed by atoms with E-state index in [-0.39, 0.29) is 6.04 Å². The molecule has 0 aliphatic rings. The van der Waals surface area contributed by atoms with Crippen molar-refractivity contribution < 1.29 is 8.83 Å². The number of nitrogens with one attached hydrogen (secondary N) is 1. The minimum Gasteiger partial charge on any atom is -0.457 e. The molecule has 2 heterocycles. The third kappa shape index (κ3) is 2.91. The van der Waals surface area contributed by atoms with Crippen molar-refractivity contribution in [3.8, 4) is 11.5 Å². The fraction of sp³-hybridized carbons (Fsp3) is 0.200. The van der Waals surface area contributed by atoms with Crippen molar-refractivity contribution in [3.05, 3.63) is 58.8 Å². The van der Waals surface area contributed by atoms with E-state index >= 15 is 0 Å². The second-order valence-corrected chi connectivity index (χ2v) is 5.18. The zero-order valence-electron chi connectivity index (χ0n) is 11.4. The maximum Gasteiger partial charge on any atom is 0.252 e. The van der Waals surface area contributed by atoms with E-state index in [4.69, 9.17) is 8.83 Å². The predicted molar refractivity (Wildman–Crippen MR) is 81.7 cm³/mol. The molecular formula is C15H14BrN3O2. The molecule has 3 rings (SSSR count). The van der Waals surface area contributed by atoms with Gasteiger partial charge in [0.1, 0.15) is 6.04 Å².